The minimum absolute atomic E-state index is 0.205. The van der Waals surface area contributed by atoms with Gasteiger partial charge in [-0.2, -0.15) is 17.9 Å². The van der Waals surface area contributed by atoms with E-state index in [-0.39, 0.29) is 11.4 Å². The van der Waals surface area contributed by atoms with Gasteiger partial charge in [0, 0.05) is 0 Å². The summed E-state index contributed by atoms with van der Waals surface area (Å²) in [5.41, 5.74) is 2.35. The number of amides is 1. The lowest BCUT2D eigenvalue weighted by Gasteiger charge is -2.16. The summed E-state index contributed by atoms with van der Waals surface area (Å²) >= 11 is 0. The zero-order chi connectivity index (χ0) is 29.4. The zero-order valence-corrected chi connectivity index (χ0v) is 22.3. The molecule has 1 aliphatic carbocycles. The van der Waals surface area contributed by atoms with Crippen molar-refractivity contribution in [3.8, 4) is 16.8 Å². The van der Waals surface area contributed by atoms with Gasteiger partial charge in [-0.3, -0.25) is 10.1 Å². The molecule has 1 amide bonds. The van der Waals surface area contributed by atoms with E-state index in [1.165, 1.54) is 23.7 Å². The van der Waals surface area contributed by atoms with Gasteiger partial charge in [-0.15, -0.1) is 5.10 Å². The summed E-state index contributed by atoms with van der Waals surface area (Å²) in [6.45, 7) is 3.34. The van der Waals surface area contributed by atoms with E-state index in [1.807, 2.05) is 43.3 Å². The molecular formula is C30H27F3N4O4. The Bertz CT molecular complexity index is 1580. The summed E-state index contributed by atoms with van der Waals surface area (Å²) in [4.78, 5) is 24.4. The molecule has 0 aliphatic heterocycles. The molecule has 1 aromatic heterocycles. The van der Waals surface area contributed by atoms with E-state index in [0.717, 1.165) is 28.8 Å². The highest BCUT2D eigenvalue weighted by Gasteiger charge is 2.51. The molecule has 1 unspecified atom stereocenters. The molecule has 0 saturated heterocycles. The third-order valence-corrected chi connectivity index (χ3v) is 7.30. The van der Waals surface area contributed by atoms with Crippen molar-refractivity contribution in [2.45, 2.75) is 50.8 Å². The minimum atomic E-state index is -4.51. The van der Waals surface area contributed by atoms with Gasteiger partial charge in [-0.25, -0.2) is 4.79 Å². The standard InChI is InChI=1S/C30H27F3N4O4/c1-3-25-26(34-28(40)41-18(2)21-5-4-6-23(17-21)30(31,32)33)37(36-35-25)24-13-9-20(10-14-24)19-7-11-22(12-8-19)29(15-16-29)27(38)39/h4-14,17-18H,3,15-16H2,1-2H3,(H,34,40)(H,38,39). The van der Waals surface area contributed by atoms with Crippen LogP contribution in [-0.4, -0.2) is 32.2 Å². The fourth-order valence-corrected chi connectivity index (χ4v) is 4.71. The van der Waals surface area contributed by atoms with Gasteiger partial charge in [0.25, 0.3) is 0 Å². The maximum Gasteiger partial charge on any atom is 0.416 e. The molecule has 1 atom stereocenters. The number of hydrogen-bond acceptors (Lipinski definition) is 5. The molecule has 11 heteroatoms. The highest BCUT2D eigenvalue weighted by atomic mass is 19.4. The van der Waals surface area contributed by atoms with Gasteiger partial charge >= 0.3 is 18.2 Å². The average Bonchev–Trinajstić information content (AvgIpc) is 3.68. The molecule has 1 fully saturated rings. The number of halogens is 3. The molecule has 4 aromatic rings. The number of hydrogen-bond donors (Lipinski definition) is 2. The number of rotatable bonds is 8. The quantitative estimate of drug-likeness (QED) is 0.240. The Balaban J connectivity index is 1.31. The fraction of sp³-hybridized carbons (Fsp3) is 0.267. The Morgan fingerprint density at radius 2 is 1.68 bits per heavy atom. The lowest BCUT2D eigenvalue weighted by Crippen LogP contribution is -2.19. The van der Waals surface area contributed by atoms with Gasteiger partial charge in [-0.1, -0.05) is 60.7 Å². The molecule has 41 heavy (non-hydrogen) atoms. The summed E-state index contributed by atoms with van der Waals surface area (Å²) in [5.74, 6) is -0.512. The molecule has 1 heterocycles. The molecule has 8 nitrogen and oxygen atoms in total. The van der Waals surface area contributed by atoms with Gasteiger partial charge in [-0.05, 0) is 72.7 Å². The van der Waals surface area contributed by atoms with Crippen LogP contribution in [0.25, 0.3) is 16.8 Å². The number of carboxylic acid groups (broad SMARTS) is 1. The molecule has 2 N–H and O–H groups in total. The molecule has 3 aromatic carbocycles. The normalized spacial score (nSPS) is 14.8. The van der Waals surface area contributed by atoms with Crippen LogP contribution in [0.1, 0.15) is 55.2 Å². The van der Waals surface area contributed by atoms with Crippen molar-refractivity contribution in [2.75, 3.05) is 5.32 Å². The van der Waals surface area contributed by atoms with Gasteiger partial charge in [0.1, 0.15) is 11.8 Å². The van der Waals surface area contributed by atoms with Crippen molar-refractivity contribution < 1.29 is 32.6 Å². The van der Waals surface area contributed by atoms with Crippen molar-refractivity contribution in [3.63, 3.8) is 0 Å². The number of alkyl halides is 3. The van der Waals surface area contributed by atoms with Crippen LogP contribution in [0.3, 0.4) is 0 Å². The van der Waals surface area contributed by atoms with Crippen molar-refractivity contribution in [1.82, 2.24) is 15.0 Å². The second kappa shape index (κ2) is 10.7. The largest absolute Gasteiger partial charge is 0.481 e. The number of nitrogens with zero attached hydrogens (tertiary/aromatic N) is 3. The molecule has 0 spiro atoms. The van der Waals surface area contributed by atoms with Crippen molar-refractivity contribution in [1.29, 1.82) is 0 Å². The Kier molecular flexibility index (Phi) is 7.29. The maximum absolute atomic E-state index is 13.1. The Morgan fingerprint density at radius 3 is 2.24 bits per heavy atom. The van der Waals surface area contributed by atoms with Crippen LogP contribution in [0.5, 0.6) is 0 Å². The summed E-state index contributed by atoms with van der Waals surface area (Å²) in [6.07, 6.45) is -4.57. The second-order valence-corrected chi connectivity index (χ2v) is 9.96. The summed E-state index contributed by atoms with van der Waals surface area (Å²) < 4.78 is 46.1. The first-order valence-corrected chi connectivity index (χ1v) is 13.1. The number of carboxylic acids is 1. The smallest absolute Gasteiger partial charge is 0.416 e. The zero-order valence-electron chi connectivity index (χ0n) is 22.3. The third kappa shape index (κ3) is 5.65. The van der Waals surface area contributed by atoms with Gasteiger partial charge in [0.2, 0.25) is 0 Å². The fourth-order valence-electron chi connectivity index (χ4n) is 4.71. The van der Waals surface area contributed by atoms with Crippen LogP contribution in [0, 0.1) is 0 Å². The molecule has 5 rings (SSSR count). The minimum Gasteiger partial charge on any atom is -0.481 e. The van der Waals surface area contributed by atoms with Gasteiger partial charge in [0.05, 0.1) is 16.7 Å². The lowest BCUT2D eigenvalue weighted by atomic mass is 9.94. The second-order valence-electron chi connectivity index (χ2n) is 9.96. The number of carbonyl (C=O) groups is 2. The Labute approximate surface area is 233 Å². The summed E-state index contributed by atoms with van der Waals surface area (Å²) in [6, 6.07) is 19.5. The van der Waals surface area contributed by atoms with Crippen molar-refractivity contribution in [3.05, 3.63) is 95.2 Å². The first-order chi connectivity index (χ1) is 19.5. The van der Waals surface area contributed by atoms with Crippen LogP contribution in [0.15, 0.2) is 72.8 Å². The number of aromatic nitrogens is 3. The maximum atomic E-state index is 13.1. The monoisotopic (exact) mass is 564 g/mol. The van der Waals surface area contributed by atoms with E-state index >= 15 is 0 Å². The van der Waals surface area contributed by atoms with Crippen LogP contribution >= 0.6 is 0 Å². The Morgan fingerprint density at radius 1 is 1.05 bits per heavy atom. The Hall–Kier alpha value is -4.67. The predicted octanol–water partition coefficient (Wildman–Crippen LogP) is 6.94. The van der Waals surface area contributed by atoms with E-state index in [0.29, 0.717) is 30.6 Å². The van der Waals surface area contributed by atoms with E-state index < -0.39 is 35.3 Å². The van der Waals surface area contributed by atoms with E-state index in [2.05, 4.69) is 15.6 Å². The molecule has 0 bridgehead atoms. The van der Waals surface area contributed by atoms with Crippen LogP contribution < -0.4 is 5.32 Å². The first kappa shape index (κ1) is 27.9. The van der Waals surface area contributed by atoms with Crippen LogP contribution in [-0.2, 0) is 27.5 Å². The number of benzene rings is 3. The highest BCUT2D eigenvalue weighted by molar-refractivity contribution is 5.85. The SMILES string of the molecule is CCc1nnn(-c2ccc(-c3ccc(C4(C(=O)O)CC4)cc3)cc2)c1NC(=O)OC(C)c1cccc(C(F)(F)F)c1. The third-order valence-electron chi connectivity index (χ3n) is 7.30. The van der Waals surface area contributed by atoms with Crippen LogP contribution in [0.4, 0.5) is 23.8 Å². The number of nitrogens with one attached hydrogen (secondary N) is 1. The summed E-state index contributed by atoms with van der Waals surface area (Å²) in [7, 11) is 0. The van der Waals surface area contributed by atoms with E-state index in [4.69, 9.17) is 4.74 Å². The first-order valence-electron chi connectivity index (χ1n) is 13.1. The van der Waals surface area contributed by atoms with E-state index in [1.54, 1.807) is 12.1 Å². The van der Waals surface area contributed by atoms with Crippen LogP contribution in [0.2, 0.25) is 0 Å². The van der Waals surface area contributed by atoms with Gasteiger partial charge in [0.15, 0.2) is 5.82 Å². The average molecular weight is 565 g/mol. The predicted molar refractivity (Wildman–Crippen MR) is 145 cm³/mol. The number of aliphatic carboxylic acids is 1. The summed E-state index contributed by atoms with van der Waals surface area (Å²) in [5, 5.41) is 20.5. The number of aryl methyl sites for hydroxylation is 1. The topological polar surface area (TPSA) is 106 Å². The molecule has 1 saturated carbocycles. The molecule has 1 aliphatic rings. The molecule has 0 radical (unpaired) electrons. The molecular weight excluding hydrogens is 537 g/mol. The molecule has 212 valence electrons. The van der Waals surface area contributed by atoms with E-state index in [9.17, 15) is 27.9 Å². The van der Waals surface area contributed by atoms with Gasteiger partial charge < -0.3 is 9.84 Å². The number of carbonyl (C=O) groups excluding carboxylic acids is 1. The van der Waals surface area contributed by atoms with Crippen molar-refractivity contribution in [2.24, 2.45) is 0 Å². The number of ether oxygens (including phenoxy) is 1. The van der Waals surface area contributed by atoms with Crippen molar-refractivity contribution >= 4 is 17.9 Å². The highest BCUT2D eigenvalue weighted by Crippen LogP contribution is 2.48. The number of anilines is 1. The lowest BCUT2D eigenvalue weighted by molar-refractivity contribution is -0.140.